The van der Waals surface area contributed by atoms with Crippen molar-refractivity contribution in [1.82, 2.24) is 9.80 Å². The molecule has 1 heterocycles. The largest absolute Gasteiger partial charge is 0.497 e. The highest BCUT2D eigenvalue weighted by atomic mass is 16.5. The molecule has 0 aliphatic carbocycles. The fourth-order valence-electron chi connectivity index (χ4n) is 2.37. The Kier molecular flexibility index (Phi) is 7.81. The lowest BCUT2D eigenvalue weighted by Crippen LogP contribution is -2.46. The van der Waals surface area contributed by atoms with Crippen molar-refractivity contribution >= 4 is 23.9 Å². The maximum Gasteiger partial charge on any atom is 0.331 e. The Morgan fingerprint density at radius 3 is 2.48 bits per heavy atom. The van der Waals surface area contributed by atoms with E-state index in [4.69, 9.17) is 14.2 Å². The first kappa shape index (κ1) is 20.4. The second kappa shape index (κ2) is 10.3. The molecule has 1 aliphatic heterocycles. The van der Waals surface area contributed by atoms with Crippen molar-refractivity contribution < 1.29 is 28.6 Å². The summed E-state index contributed by atoms with van der Waals surface area (Å²) < 4.78 is 15.2. The number of amides is 2. The number of esters is 1. The van der Waals surface area contributed by atoms with Gasteiger partial charge in [-0.3, -0.25) is 9.59 Å². The van der Waals surface area contributed by atoms with E-state index in [0.29, 0.717) is 26.3 Å². The highest BCUT2D eigenvalue weighted by Crippen LogP contribution is 2.12. The third kappa shape index (κ3) is 6.74. The van der Waals surface area contributed by atoms with E-state index >= 15 is 0 Å². The Morgan fingerprint density at radius 1 is 1.19 bits per heavy atom. The summed E-state index contributed by atoms with van der Waals surface area (Å²) in [7, 11) is 3.08. The van der Waals surface area contributed by atoms with Gasteiger partial charge in [0.2, 0.25) is 5.91 Å². The normalized spacial score (nSPS) is 14.1. The summed E-state index contributed by atoms with van der Waals surface area (Å²) >= 11 is 0. The fourth-order valence-corrected chi connectivity index (χ4v) is 2.37. The molecule has 8 nitrogen and oxygen atoms in total. The van der Waals surface area contributed by atoms with E-state index in [2.05, 4.69) is 0 Å². The van der Waals surface area contributed by atoms with Crippen molar-refractivity contribution in [3.8, 4) is 5.75 Å². The highest BCUT2D eigenvalue weighted by Gasteiger charge is 2.20. The van der Waals surface area contributed by atoms with Gasteiger partial charge in [-0.05, 0) is 23.8 Å². The Morgan fingerprint density at radius 2 is 1.85 bits per heavy atom. The third-order valence-corrected chi connectivity index (χ3v) is 4.03. The van der Waals surface area contributed by atoms with E-state index in [1.807, 2.05) is 0 Å². The van der Waals surface area contributed by atoms with Gasteiger partial charge in [0.15, 0.2) is 6.61 Å². The summed E-state index contributed by atoms with van der Waals surface area (Å²) in [6.45, 7) is 1.57. The standard InChI is InChI=1S/C19H24N2O6/c1-20(13-17(22)21-9-11-26-12-10-21)18(23)14-27-19(24)8-5-15-3-6-16(25-2)7-4-15/h3-8H,9-14H2,1-2H3/b8-5+. The number of hydrogen-bond donors (Lipinski definition) is 0. The molecule has 0 aromatic heterocycles. The van der Waals surface area contributed by atoms with Crippen LogP contribution < -0.4 is 4.74 Å². The third-order valence-electron chi connectivity index (χ3n) is 4.03. The maximum absolute atomic E-state index is 12.1. The van der Waals surface area contributed by atoms with Crippen LogP contribution in [0.4, 0.5) is 0 Å². The Labute approximate surface area is 158 Å². The van der Waals surface area contributed by atoms with Gasteiger partial charge in [-0.2, -0.15) is 0 Å². The molecule has 146 valence electrons. The molecule has 1 aromatic carbocycles. The molecule has 0 radical (unpaired) electrons. The predicted octanol–water partition coefficient (Wildman–Crippen LogP) is 0.569. The minimum Gasteiger partial charge on any atom is -0.497 e. The summed E-state index contributed by atoms with van der Waals surface area (Å²) in [4.78, 5) is 38.8. The summed E-state index contributed by atoms with van der Waals surface area (Å²) in [5, 5.41) is 0. The molecule has 1 fully saturated rings. The second-order valence-corrected chi connectivity index (χ2v) is 5.96. The SMILES string of the molecule is COc1ccc(/C=C/C(=O)OCC(=O)N(C)CC(=O)N2CCOCC2)cc1. The van der Waals surface area contributed by atoms with Crippen molar-refractivity contribution in [1.29, 1.82) is 0 Å². The topological polar surface area (TPSA) is 85.4 Å². The number of hydrogen-bond acceptors (Lipinski definition) is 6. The number of morpholine rings is 1. The van der Waals surface area contributed by atoms with Crippen LogP contribution in [-0.4, -0.2) is 81.2 Å². The zero-order valence-electron chi connectivity index (χ0n) is 15.6. The van der Waals surface area contributed by atoms with E-state index in [0.717, 1.165) is 11.3 Å². The lowest BCUT2D eigenvalue weighted by molar-refractivity contribution is -0.149. The van der Waals surface area contributed by atoms with E-state index in [1.54, 1.807) is 42.4 Å². The Bertz CT molecular complexity index is 680. The van der Waals surface area contributed by atoms with Crippen LogP contribution in [0.5, 0.6) is 5.75 Å². The minimum absolute atomic E-state index is 0.0575. The number of benzene rings is 1. The molecule has 27 heavy (non-hydrogen) atoms. The van der Waals surface area contributed by atoms with E-state index in [1.165, 1.54) is 18.0 Å². The van der Waals surface area contributed by atoms with Crippen molar-refractivity contribution in [3.63, 3.8) is 0 Å². The number of carbonyl (C=O) groups is 3. The zero-order chi connectivity index (χ0) is 19.6. The molecule has 0 saturated carbocycles. The molecule has 0 atom stereocenters. The fraction of sp³-hybridized carbons (Fsp3) is 0.421. The number of carbonyl (C=O) groups excluding carboxylic acids is 3. The first-order valence-corrected chi connectivity index (χ1v) is 8.58. The van der Waals surface area contributed by atoms with Crippen LogP contribution in [0.15, 0.2) is 30.3 Å². The summed E-state index contributed by atoms with van der Waals surface area (Å²) in [5.74, 6) is -0.509. The molecule has 0 N–H and O–H groups in total. The summed E-state index contributed by atoms with van der Waals surface area (Å²) in [5.41, 5.74) is 0.798. The van der Waals surface area contributed by atoms with E-state index in [-0.39, 0.29) is 12.5 Å². The zero-order valence-corrected chi connectivity index (χ0v) is 15.6. The first-order chi connectivity index (χ1) is 13.0. The molecular weight excluding hydrogens is 352 g/mol. The van der Waals surface area contributed by atoms with Crippen molar-refractivity contribution in [2.75, 3.05) is 53.6 Å². The van der Waals surface area contributed by atoms with Gasteiger partial charge >= 0.3 is 5.97 Å². The number of ether oxygens (including phenoxy) is 3. The molecule has 1 saturated heterocycles. The Hall–Kier alpha value is -2.87. The van der Waals surface area contributed by atoms with Crippen LogP contribution in [0.1, 0.15) is 5.56 Å². The van der Waals surface area contributed by atoms with Crippen LogP contribution in [-0.2, 0) is 23.9 Å². The minimum atomic E-state index is -0.632. The van der Waals surface area contributed by atoms with Gasteiger partial charge in [0.05, 0.1) is 26.9 Å². The molecule has 1 aliphatic rings. The lowest BCUT2D eigenvalue weighted by atomic mass is 10.2. The van der Waals surface area contributed by atoms with Crippen molar-refractivity contribution in [3.05, 3.63) is 35.9 Å². The van der Waals surface area contributed by atoms with Crippen molar-refractivity contribution in [2.24, 2.45) is 0 Å². The smallest absolute Gasteiger partial charge is 0.331 e. The summed E-state index contributed by atoms with van der Waals surface area (Å²) in [6.07, 6.45) is 2.83. The number of rotatable bonds is 7. The lowest BCUT2D eigenvalue weighted by Gasteiger charge is -2.28. The van der Waals surface area contributed by atoms with Gasteiger partial charge in [0.1, 0.15) is 5.75 Å². The Balaban J connectivity index is 1.73. The molecule has 0 unspecified atom stereocenters. The quantitative estimate of drug-likeness (QED) is 0.511. The molecule has 0 spiro atoms. The molecule has 0 bridgehead atoms. The predicted molar refractivity (Wildman–Crippen MR) is 98.0 cm³/mol. The van der Waals surface area contributed by atoms with E-state index < -0.39 is 18.5 Å². The molecule has 1 aromatic rings. The molecular formula is C19H24N2O6. The number of likely N-dealkylation sites (N-methyl/N-ethyl adjacent to an activating group) is 1. The molecule has 8 heteroatoms. The van der Waals surface area contributed by atoms with Gasteiger partial charge in [-0.15, -0.1) is 0 Å². The maximum atomic E-state index is 12.1. The highest BCUT2D eigenvalue weighted by molar-refractivity contribution is 5.90. The average molecular weight is 376 g/mol. The van der Waals surface area contributed by atoms with Crippen LogP contribution in [0.2, 0.25) is 0 Å². The second-order valence-electron chi connectivity index (χ2n) is 5.96. The van der Waals surface area contributed by atoms with Gasteiger partial charge in [-0.1, -0.05) is 12.1 Å². The van der Waals surface area contributed by atoms with Gasteiger partial charge in [-0.25, -0.2) is 4.79 Å². The van der Waals surface area contributed by atoms with Crippen molar-refractivity contribution in [2.45, 2.75) is 0 Å². The average Bonchev–Trinajstić information content (AvgIpc) is 2.71. The van der Waals surface area contributed by atoms with Gasteiger partial charge in [0.25, 0.3) is 5.91 Å². The van der Waals surface area contributed by atoms with Gasteiger partial charge in [0, 0.05) is 26.2 Å². The van der Waals surface area contributed by atoms with Crippen LogP contribution >= 0.6 is 0 Å². The van der Waals surface area contributed by atoms with Crippen LogP contribution in [0, 0.1) is 0 Å². The first-order valence-electron chi connectivity index (χ1n) is 8.58. The van der Waals surface area contributed by atoms with Crippen LogP contribution in [0.3, 0.4) is 0 Å². The monoisotopic (exact) mass is 376 g/mol. The van der Waals surface area contributed by atoms with Crippen LogP contribution in [0.25, 0.3) is 6.08 Å². The van der Waals surface area contributed by atoms with Gasteiger partial charge < -0.3 is 24.0 Å². The summed E-state index contributed by atoms with van der Waals surface area (Å²) in [6, 6.07) is 7.13. The molecule has 2 rings (SSSR count). The number of methoxy groups -OCH3 is 1. The molecule has 2 amide bonds. The van der Waals surface area contributed by atoms with E-state index in [9.17, 15) is 14.4 Å². The number of nitrogens with zero attached hydrogens (tertiary/aromatic N) is 2.